The van der Waals surface area contributed by atoms with Gasteiger partial charge in [-0.15, -0.1) is 0 Å². The first kappa shape index (κ1) is 13.8. The summed E-state index contributed by atoms with van der Waals surface area (Å²) in [7, 11) is 1.58. The number of fused-ring (bicyclic) bond motifs is 1. The van der Waals surface area contributed by atoms with Crippen molar-refractivity contribution >= 4 is 17.7 Å². The third-order valence-electron chi connectivity index (χ3n) is 3.19. The largest absolute Gasteiger partial charge is 0.496 e. The Morgan fingerprint density at radius 2 is 2.14 bits per heavy atom. The van der Waals surface area contributed by atoms with Crippen molar-refractivity contribution in [2.75, 3.05) is 7.11 Å². The lowest BCUT2D eigenvalue weighted by atomic mass is 10.1. The molecule has 3 rings (SSSR count). The van der Waals surface area contributed by atoms with Crippen molar-refractivity contribution < 1.29 is 14.6 Å². The summed E-state index contributed by atoms with van der Waals surface area (Å²) in [6.07, 6.45) is 5.98. The molecule has 0 radical (unpaired) electrons. The van der Waals surface area contributed by atoms with Crippen molar-refractivity contribution in [3.63, 3.8) is 0 Å². The Labute approximate surface area is 126 Å². The molecule has 0 fully saturated rings. The zero-order valence-electron chi connectivity index (χ0n) is 11.8. The molecule has 6 heteroatoms. The summed E-state index contributed by atoms with van der Waals surface area (Å²) in [5.41, 5.74) is 2.61. The number of para-hydroxylation sites is 1. The maximum absolute atomic E-state index is 10.8. The molecular formula is C16H13N3O3. The average molecular weight is 295 g/mol. The van der Waals surface area contributed by atoms with Crippen molar-refractivity contribution in [3.05, 3.63) is 54.4 Å². The van der Waals surface area contributed by atoms with Gasteiger partial charge < -0.3 is 9.84 Å². The number of rotatable bonds is 4. The lowest BCUT2D eigenvalue weighted by Crippen LogP contribution is -1.90. The molecule has 110 valence electrons. The Balaban J connectivity index is 2.28. The highest BCUT2D eigenvalue weighted by atomic mass is 16.5. The highest BCUT2D eigenvalue weighted by Crippen LogP contribution is 2.33. The van der Waals surface area contributed by atoms with Gasteiger partial charge in [0, 0.05) is 29.6 Å². The van der Waals surface area contributed by atoms with Crippen LogP contribution in [0.2, 0.25) is 0 Å². The number of hydrogen-bond acceptors (Lipinski definition) is 4. The summed E-state index contributed by atoms with van der Waals surface area (Å²) in [5, 5.41) is 13.4. The third-order valence-corrected chi connectivity index (χ3v) is 3.19. The van der Waals surface area contributed by atoms with Crippen molar-refractivity contribution in [3.8, 4) is 17.0 Å². The summed E-state index contributed by atoms with van der Waals surface area (Å²) < 4.78 is 6.98. The number of carboxylic acids is 1. The number of benzene rings is 1. The molecular weight excluding hydrogens is 282 g/mol. The van der Waals surface area contributed by atoms with Gasteiger partial charge >= 0.3 is 5.97 Å². The van der Waals surface area contributed by atoms with Crippen molar-refractivity contribution in [1.82, 2.24) is 14.6 Å². The van der Waals surface area contributed by atoms with E-state index < -0.39 is 5.97 Å². The van der Waals surface area contributed by atoms with Crippen LogP contribution in [0.4, 0.5) is 0 Å². The van der Waals surface area contributed by atoms with Crippen molar-refractivity contribution in [2.45, 2.75) is 0 Å². The zero-order valence-corrected chi connectivity index (χ0v) is 11.8. The molecule has 1 N–H and O–H groups in total. The van der Waals surface area contributed by atoms with E-state index in [1.807, 2.05) is 24.3 Å². The van der Waals surface area contributed by atoms with Crippen LogP contribution in [-0.4, -0.2) is 32.8 Å². The Hall–Kier alpha value is -3.15. The lowest BCUT2D eigenvalue weighted by molar-refractivity contribution is -0.131. The molecule has 0 saturated heterocycles. The SMILES string of the molecule is COc1ccccc1-c1nn2cccnc2c1/C=C/C(=O)O. The van der Waals surface area contributed by atoms with Crippen LogP contribution >= 0.6 is 0 Å². The molecule has 1 aromatic carbocycles. The number of methoxy groups -OCH3 is 1. The van der Waals surface area contributed by atoms with E-state index >= 15 is 0 Å². The van der Waals surface area contributed by atoms with E-state index in [0.29, 0.717) is 22.7 Å². The molecule has 0 saturated carbocycles. The second-order valence-electron chi connectivity index (χ2n) is 4.52. The van der Waals surface area contributed by atoms with E-state index in [2.05, 4.69) is 10.1 Å². The molecule has 0 aliphatic rings. The summed E-state index contributed by atoms with van der Waals surface area (Å²) >= 11 is 0. The smallest absolute Gasteiger partial charge is 0.328 e. The number of hydrogen-bond donors (Lipinski definition) is 1. The Bertz CT molecular complexity index is 868. The van der Waals surface area contributed by atoms with Crippen LogP contribution < -0.4 is 4.74 Å². The molecule has 0 atom stereocenters. The van der Waals surface area contributed by atoms with Crippen LogP contribution in [0.1, 0.15) is 5.56 Å². The van der Waals surface area contributed by atoms with Crippen LogP contribution in [0, 0.1) is 0 Å². The Morgan fingerprint density at radius 1 is 1.32 bits per heavy atom. The van der Waals surface area contributed by atoms with Gasteiger partial charge in [-0.3, -0.25) is 0 Å². The van der Waals surface area contributed by atoms with Gasteiger partial charge in [-0.25, -0.2) is 14.3 Å². The van der Waals surface area contributed by atoms with Gasteiger partial charge in [0.05, 0.1) is 7.11 Å². The molecule has 0 aliphatic heterocycles. The molecule has 3 aromatic rings. The molecule has 0 spiro atoms. The molecule has 0 amide bonds. The minimum Gasteiger partial charge on any atom is -0.496 e. The van der Waals surface area contributed by atoms with Gasteiger partial charge in [0.15, 0.2) is 5.65 Å². The van der Waals surface area contributed by atoms with E-state index in [4.69, 9.17) is 9.84 Å². The van der Waals surface area contributed by atoms with Gasteiger partial charge in [0.1, 0.15) is 11.4 Å². The van der Waals surface area contributed by atoms with Gasteiger partial charge in [-0.2, -0.15) is 5.10 Å². The average Bonchev–Trinajstić information content (AvgIpc) is 2.91. The lowest BCUT2D eigenvalue weighted by Gasteiger charge is -2.06. The second-order valence-corrected chi connectivity index (χ2v) is 4.52. The fraction of sp³-hybridized carbons (Fsp3) is 0.0625. The van der Waals surface area contributed by atoms with Crippen molar-refractivity contribution in [2.24, 2.45) is 0 Å². The number of carboxylic acid groups (broad SMARTS) is 1. The molecule has 0 unspecified atom stereocenters. The predicted octanol–water partition coefficient (Wildman–Crippen LogP) is 2.50. The fourth-order valence-electron chi connectivity index (χ4n) is 2.25. The monoisotopic (exact) mass is 295 g/mol. The number of aromatic nitrogens is 3. The van der Waals surface area contributed by atoms with Crippen LogP contribution in [0.25, 0.3) is 23.0 Å². The third kappa shape index (κ3) is 2.42. The molecule has 2 heterocycles. The molecule has 22 heavy (non-hydrogen) atoms. The molecule has 2 aromatic heterocycles. The molecule has 0 bridgehead atoms. The van der Waals surface area contributed by atoms with E-state index in [1.165, 1.54) is 6.08 Å². The fourth-order valence-corrected chi connectivity index (χ4v) is 2.25. The van der Waals surface area contributed by atoms with E-state index in [0.717, 1.165) is 11.6 Å². The van der Waals surface area contributed by atoms with Crippen LogP contribution in [-0.2, 0) is 4.79 Å². The number of aliphatic carboxylic acids is 1. The first-order chi connectivity index (χ1) is 10.7. The van der Waals surface area contributed by atoms with Gasteiger partial charge in [0.2, 0.25) is 0 Å². The van der Waals surface area contributed by atoms with Gasteiger partial charge in [-0.05, 0) is 24.3 Å². The second kappa shape index (κ2) is 5.69. The molecule has 0 aliphatic carbocycles. The van der Waals surface area contributed by atoms with Crippen LogP contribution in [0.5, 0.6) is 5.75 Å². The quantitative estimate of drug-likeness (QED) is 0.748. The summed E-state index contributed by atoms with van der Waals surface area (Å²) in [6, 6.07) is 9.20. The molecule has 6 nitrogen and oxygen atoms in total. The zero-order chi connectivity index (χ0) is 15.5. The minimum atomic E-state index is -1.03. The summed E-state index contributed by atoms with van der Waals surface area (Å²) in [6.45, 7) is 0. The van der Waals surface area contributed by atoms with Crippen molar-refractivity contribution in [1.29, 1.82) is 0 Å². The number of ether oxygens (including phenoxy) is 1. The van der Waals surface area contributed by atoms with Gasteiger partial charge in [-0.1, -0.05) is 12.1 Å². The Kier molecular flexibility index (Phi) is 3.57. The van der Waals surface area contributed by atoms with E-state index in [1.54, 1.807) is 30.1 Å². The maximum atomic E-state index is 10.8. The number of carbonyl (C=O) groups is 1. The highest BCUT2D eigenvalue weighted by molar-refractivity contribution is 5.91. The Morgan fingerprint density at radius 3 is 2.91 bits per heavy atom. The van der Waals surface area contributed by atoms with Crippen LogP contribution in [0.15, 0.2) is 48.8 Å². The predicted molar refractivity (Wildman–Crippen MR) is 81.6 cm³/mol. The van der Waals surface area contributed by atoms with E-state index in [-0.39, 0.29) is 0 Å². The highest BCUT2D eigenvalue weighted by Gasteiger charge is 2.16. The van der Waals surface area contributed by atoms with Gasteiger partial charge in [0.25, 0.3) is 0 Å². The van der Waals surface area contributed by atoms with Crippen LogP contribution in [0.3, 0.4) is 0 Å². The minimum absolute atomic E-state index is 0.584. The summed E-state index contributed by atoms with van der Waals surface area (Å²) in [5.74, 6) is -0.364. The standard InChI is InChI=1S/C16H13N3O3/c1-22-13-6-3-2-5-11(13)15-12(7-8-14(20)21)16-17-9-4-10-19(16)18-15/h2-10H,1H3,(H,20,21)/b8-7+. The van der Waals surface area contributed by atoms with E-state index in [9.17, 15) is 4.79 Å². The first-order valence-electron chi connectivity index (χ1n) is 6.58. The summed E-state index contributed by atoms with van der Waals surface area (Å²) in [4.78, 5) is 15.1. The number of nitrogens with zero attached hydrogens (tertiary/aromatic N) is 3. The maximum Gasteiger partial charge on any atom is 0.328 e. The first-order valence-corrected chi connectivity index (χ1v) is 6.58. The topological polar surface area (TPSA) is 76.7 Å². The normalized spacial score (nSPS) is 11.1.